The zero-order chi connectivity index (χ0) is 73.4. The first-order valence-electron chi connectivity index (χ1n) is 37.8. The van der Waals surface area contributed by atoms with Crippen LogP contribution in [0.1, 0.15) is 105 Å². The summed E-state index contributed by atoms with van der Waals surface area (Å²) < 4.78 is 5.09. The van der Waals surface area contributed by atoms with Crippen LogP contribution in [0.2, 0.25) is 0 Å². The van der Waals surface area contributed by atoms with Crippen LogP contribution in [0, 0.1) is 0 Å². The van der Waals surface area contributed by atoms with Gasteiger partial charge in [-0.05, 0) is 193 Å². The van der Waals surface area contributed by atoms with Crippen LogP contribution in [0.4, 0.5) is 68.2 Å². The lowest BCUT2D eigenvalue weighted by atomic mass is 9.33. The van der Waals surface area contributed by atoms with Crippen molar-refractivity contribution in [1.29, 1.82) is 0 Å². The third-order valence-corrected chi connectivity index (χ3v) is 23.6. The Kier molecular flexibility index (Phi) is 16.1. The molecule has 0 spiro atoms. The summed E-state index contributed by atoms with van der Waals surface area (Å²) in [5, 5.41) is 4.94. The molecule has 7 heteroatoms. The van der Waals surface area contributed by atoms with Gasteiger partial charge in [0, 0.05) is 93.3 Å². The van der Waals surface area contributed by atoms with E-state index in [-0.39, 0.29) is 28.4 Å². The van der Waals surface area contributed by atoms with Crippen LogP contribution in [-0.4, -0.2) is 11.3 Å². The van der Waals surface area contributed by atoms with E-state index >= 15 is 0 Å². The van der Waals surface area contributed by atoms with Crippen LogP contribution in [0.15, 0.2) is 315 Å². The highest BCUT2D eigenvalue weighted by atomic mass is 32.1. The third-order valence-electron chi connectivity index (χ3n) is 22.4. The Balaban J connectivity index is 1.04. The quantitative estimate of drug-likeness (QED) is 0.120. The number of hydrogen-bond donors (Lipinski definition) is 0. The molecule has 2 aliphatic heterocycles. The second-order valence-electron chi connectivity index (χ2n) is 33.4. The number of anilines is 12. The summed E-state index contributed by atoms with van der Waals surface area (Å²) in [6, 6.07) is 120. The molecule has 0 fully saturated rings. The monoisotopic (exact) mass is 1400 g/mol. The molecular formula is C100H88BN5S. The average Bonchev–Trinajstić information content (AvgIpc) is 1.31. The van der Waals surface area contributed by atoms with Gasteiger partial charge >= 0.3 is 0 Å². The fourth-order valence-electron chi connectivity index (χ4n) is 16.8. The minimum Gasteiger partial charge on any atom is -0.311 e. The molecule has 522 valence electrons. The van der Waals surface area contributed by atoms with Crippen molar-refractivity contribution in [3.63, 3.8) is 0 Å². The molecule has 4 heterocycles. The Morgan fingerprint density at radius 3 is 1.21 bits per heavy atom. The molecule has 0 amide bonds. The van der Waals surface area contributed by atoms with E-state index in [1.54, 1.807) is 0 Å². The van der Waals surface area contributed by atoms with Crippen LogP contribution in [-0.2, 0) is 21.7 Å². The molecule has 2 aromatic heterocycles. The summed E-state index contributed by atoms with van der Waals surface area (Å²) in [5.41, 5.74) is 29.7. The van der Waals surface area contributed by atoms with Crippen molar-refractivity contribution in [2.75, 3.05) is 19.6 Å². The van der Waals surface area contributed by atoms with Gasteiger partial charge in [-0.2, -0.15) is 0 Å². The summed E-state index contributed by atoms with van der Waals surface area (Å²) in [7, 11) is 0. The van der Waals surface area contributed by atoms with E-state index in [1.807, 2.05) is 11.3 Å². The number of hydrogen-bond acceptors (Lipinski definition) is 5. The minimum absolute atomic E-state index is 0.0305. The standard InChI is InChI=1S/C100H88BN5S/c1-97(2,3)67-45-51-73(52-46-67)102(71-35-21-15-22-36-71)75-55-56-82-87(61-75)105(83-42-28-25-39-77(83)65-31-17-13-18-32-65)89-62-76(104-85-57-49-69(99(7,8)9)59-80(85)81-60-70(100(10,11)12)50-58-86(81)104)63-90-94(89)101(82)95-91(106(90)84-43-29-26-40-78(84)66-33-19-14-20-34-66)64-88(93-79-41-27-30-44-92(79)107-96(93)95)103(72-37-23-16-24-38-72)74-53-47-68(48-54-74)98(4,5)6/h13-64H,1-12H3. The predicted molar refractivity (Wildman–Crippen MR) is 463 cm³/mol. The maximum atomic E-state index is 2.69. The Labute approximate surface area is 635 Å². The van der Waals surface area contributed by atoms with Crippen LogP contribution in [0.25, 0.3) is 69.9 Å². The highest BCUT2D eigenvalue weighted by Gasteiger charge is 2.47. The SMILES string of the molecule is CC(C)(C)c1ccc(N(c2ccccc2)c2ccc3c(c2)N(c2ccccc2-c2ccccc2)c2cc(-n4c5ccc(C(C)(C)C)cc5c5cc(C(C)(C)C)ccc54)cc4c2B3c2c(cc(N(c3ccccc3)c3ccc(C(C)(C)C)cc3)c3c2sc2ccccc23)N4c2ccccc2-c2ccccc2)cc1. The molecular weight excluding hydrogens is 1310 g/mol. The molecule has 0 atom stereocenters. The number of aromatic nitrogens is 1. The van der Waals surface area contributed by atoms with Crippen molar-refractivity contribution in [2.24, 2.45) is 0 Å². The molecule has 0 saturated carbocycles. The number of fused-ring (bicyclic) bond motifs is 11. The third kappa shape index (κ3) is 11.5. The highest BCUT2D eigenvalue weighted by molar-refractivity contribution is 7.28. The maximum Gasteiger partial charge on any atom is 0.254 e. The Bertz CT molecular complexity index is 6020. The molecule has 14 aromatic carbocycles. The van der Waals surface area contributed by atoms with Gasteiger partial charge in [0.25, 0.3) is 6.71 Å². The second-order valence-corrected chi connectivity index (χ2v) is 34.4. The maximum absolute atomic E-state index is 2.69. The number of rotatable bonds is 11. The highest BCUT2D eigenvalue weighted by Crippen LogP contribution is 2.55. The molecule has 0 N–H and O–H groups in total. The molecule has 5 nitrogen and oxygen atoms in total. The first-order chi connectivity index (χ1) is 51.6. The van der Waals surface area contributed by atoms with Crippen molar-refractivity contribution in [3.05, 3.63) is 338 Å². The van der Waals surface area contributed by atoms with Gasteiger partial charge in [-0.3, -0.25) is 0 Å². The smallest absolute Gasteiger partial charge is 0.254 e. The summed E-state index contributed by atoms with van der Waals surface area (Å²) in [6.07, 6.45) is 0. The van der Waals surface area contributed by atoms with Crippen molar-refractivity contribution in [2.45, 2.75) is 105 Å². The van der Waals surface area contributed by atoms with Gasteiger partial charge < -0.3 is 24.2 Å². The molecule has 0 aliphatic carbocycles. The Morgan fingerprint density at radius 2 is 0.701 bits per heavy atom. The molecule has 0 saturated heterocycles. The van der Waals surface area contributed by atoms with E-state index in [0.29, 0.717) is 0 Å². The second kappa shape index (κ2) is 25.6. The van der Waals surface area contributed by atoms with E-state index in [4.69, 9.17) is 0 Å². The number of thiophene rings is 1. The predicted octanol–water partition coefficient (Wildman–Crippen LogP) is 26.7. The number of para-hydroxylation sites is 4. The van der Waals surface area contributed by atoms with Crippen LogP contribution < -0.4 is 36.0 Å². The molecule has 0 unspecified atom stereocenters. The summed E-state index contributed by atoms with van der Waals surface area (Å²) in [4.78, 5) is 10.4. The van der Waals surface area contributed by atoms with E-state index in [1.165, 1.54) is 69.6 Å². The Hall–Kier alpha value is -11.6. The van der Waals surface area contributed by atoms with Crippen molar-refractivity contribution in [1.82, 2.24) is 4.57 Å². The fourth-order valence-corrected chi connectivity index (χ4v) is 18.1. The van der Waals surface area contributed by atoms with E-state index in [0.717, 1.165) is 107 Å². The fraction of sp³-hybridized carbons (Fsp3) is 0.160. The van der Waals surface area contributed by atoms with Crippen molar-refractivity contribution >= 4 is 145 Å². The minimum atomic E-state index is -0.299. The van der Waals surface area contributed by atoms with Gasteiger partial charge in [0.15, 0.2) is 0 Å². The number of nitrogens with zero attached hydrogens (tertiary/aromatic N) is 5. The van der Waals surface area contributed by atoms with Gasteiger partial charge in [-0.15, -0.1) is 11.3 Å². The topological polar surface area (TPSA) is 17.9 Å². The number of benzene rings is 14. The largest absolute Gasteiger partial charge is 0.311 e. The van der Waals surface area contributed by atoms with E-state index < -0.39 is 0 Å². The lowest BCUT2D eigenvalue weighted by Gasteiger charge is -2.46. The van der Waals surface area contributed by atoms with Gasteiger partial charge in [-0.1, -0.05) is 277 Å². The lowest BCUT2D eigenvalue weighted by Crippen LogP contribution is -2.61. The summed E-state index contributed by atoms with van der Waals surface area (Å²) in [6.45, 7) is 27.5. The van der Waals surface area contributed by atoms with Crippen molar-refractivity contribution in [3.8, 4) is 27.9 Å². The lowest BCUT2D eigenvalue weighted by molar-refractivity contribution is 0.590. The molecule has 0 radical (unpaired) electrons. The molecule has 0 bridgehead atoms. The van der Waals surface area contributed by atoms with Gasteiger partial charge in [0.2, 0.25) is 0 Å². The summed E-state index contributed by atoms with van der Waals surface area (Å²) in [5.74, 6) is 0. The zero-order valence-electron chi connectivity index (χ0n) is 63.2. The van der Waals surface area contributed by atoms with Gasteiger partial charge in [0.05, 0.1) is 33.8 Å². The molecule has 2 aliphatic rings. The van der Waals surface area contributed by atoms with E-state index in [9.17, 15) is 0 Å². The van der Waals surface area contributed by atoms with E-state index in [2.05, 4.69) is 423 Å². The molecule has 107 heavy (non-hydrogen) atoms. The van der Waals surface area contributed by atoms with Crippen LogP contribution >= 0.6 is 11.3 Å². The first kappa shape index (κ1) is 67.3. The van der Waals surface area contributed by atoms with Crippen LogP contribution in [0.5, 0.6) is 0 Å². The summed E-state index contributed by atoms with van der Waals surface area (Å²) >= 11 is 1.93. The molecule has 16 aromatic rings. The molecule has 18 rings (SSSR count). The van der Waals surface area contributed by atoms with Gasteiger partial charge in [-0.25, -0.2) is 0 Å². The van der Waals surface area contributed by atoms with Crippen molar-refractivity contribution < 1.29 is 0 Å². The normalized spacial score (nSPS) is 13.0. The average molecular weight is 1400 g/mol. The van der Waals surface area contributed by atoms with Gasteiger partial charge in [0.1, 0.15) is 0 Å². The first-order valence-corrected chi connectivity index (χ1v) is 38.7. The Morgan fingerprint density at radius 1 is 0.299 bits per heavy atom. The van der Waals surface area contributed by atoms with Crippen LogP contribution in [0.3, 0.4) is 0 Å². The zero-order valence-corrected chi connectivity index (χ0v) is 64.1.